The highest BCUT2D eigenvalue weighted by Crippen LogP contribution is 2.38. The summed E-state index contributed by atoms with van der Waals surface area (Å²) in [6.07, 6.45) is -2.57. The molecule has 2 atom stereocenters. The maximum atomic E-state index is 13.1. The van der Waals surface area contributed by atoms with E-state index in [9.17, 15) is 13.2 Å². The number of nitrogens with two attached hydrogens (primary N) is 1. The molecule has 1 aromatic rings. The van der Waals surface area contributed by atoms with Crippen LogP contribution < -0.4 is 10.6 Å². The zero-order valence-electron chi connectivity index (χ0n) is 11.0. The number of piperidine rings is 1. The van der Waals surface area contributed by atoms with Crippen LogP contribution in [-0.4, -0.2) is 19.1 Å². The number of anilines is 1. The molecular weight excluding hydrogens is 253 g/mol. The van der Waals surface area contributed by atoms with Gasteiger partial charge in [0, 0.05) is 24.8 Å². The Morgan fingerprint density at radius 1 is 1.32 bits per heavy atom. The van der Waals surface area contributed by atoms with Crippen molar-refractivity contribution in [3.05, 3.63) is 29.8 Å². The highest BCUT2D eigenvalue weighted by atomic mass is 19.4. The van der Waals surface area contributed by atoms with Crippen molar-refractivity contribution in [2.75, 3.05) is 18.0 Å². The van der Waals surface area contributed by atoms with E-state index < -0.39 is 11.7 Å². The van der Waals surface area contributed by atoms with Crippen LogP contribution in [0, 0.1) is 5.92 Å². The molecule has 1 heterocycles. The van der Waals surface area contributed by atoms with Crippen molar-refractivity contribution in [3.8, 4) is 0 Å². The molecule has 0 spiro atoms. The van der Waals surface area contributed by atoms with E-state index in [0.29, 0.717) is 19.0 Å². The maximum absolute atomic E-state index is 13.1. The zero-order chi connectivity index (χ0) is 14.0. The van der Waals surface area contributed by atoms with Crippen molar-refractivity contribution < 1.29 is 13.2 Å². The lowest BCUT2D eigenvalue weighted by atomic mass is 9.91. The van der Waals surface area contributed by atoms with Gasteiger partial charge in [0.25, 0.3) is 0 Å². The molecule has 5 heteroatoms. The second kappa shape index (κ2) is 5.41. The molecule has 1 aliphatic rings. The molecule has 106 valence electrons. The third-order valence-electron chi connectivity index (χ3n) is 3.77. The van der Waals surface area contributed by atoms with Crippen LogP contribution in [0.25, 0.3) is 0 Å². The molecule has 2 N–H and O–H groups in total. The molecule has 0 aliphatic carbocycles. The third kappa shape index (κ3) is 3.03. The molecule has 0 radical (unpaired) electrons. The molecule has 0 aromatic heterocycles. The number of hydrogen-bond acceptors (Lipinski definition) is 2. The number of halogens is 3. The van der Waals surface area contributed by atoms with E-state index in [1.54, 1.807) is 12.1 Å². The van der Waals surface area contributed by atoms with Gasteiger partial charge in [-0.25, -0.2) is 0 Å². The maximum Gasteiger partial charge on any atom is 0.418 e. The average molecular weight is 272 g/mol. The molecule has 1 saturated heterocycles. The summed E-state index contributed by atoms with van der Waals surface area (Å²) in [5.41, 5.74) is 5.42. The molecular formula is C14H19F3N2. The molecule has 0 amide bonds. The van der Waals surface area contributed by atoms with Gasteiger partial charge < -0.3 is 10.6 Å². The van der Waals surface area contributed by atoms with E-state index >= 15 is 0 Å². The average Bonchev–Trinajstić information content (AvgIpc) is 2.37. The van der Waals surface area contributed by atoms with Gasteiger partial charge >= 0.3 is 6.18 Å². The minimum absolute atomic E-state index is 0.00718. The summed E-state index contributed by atoms with van der Waals surface area (Å²) in [6, 6.07) is 5.75. The smallest absolute Gasteiger partial charge is 0.367 e. The number of benzene rings is 1. The van der Waals surface area contributed by atoms with Crippen LogP contribution in [0.4, 0.5) is 18.9 Å². The zero-order valence-corrected chi connectivity index (χ0v) is 11.0. The van der Waals surface area contributed by atoms with Crippen LogP contribution in [0.15, 0.2) is 24.3 Å². The van der Waals surface area contributed by atoms with Gasteiger partial charge in [-0.1, -0.05) is 19.1 Å². The number of rotatable bonds is 2. The summed E-state index contributed by atoms with van der Waals surface area (Å²) >= 11 is 0. The van der Waals surface area contributed by atoms with Gasteiger partial charge in [0.15, 0.2) is 0 Å². The van der Waals surface area contributed by atoms with E-state index in [2.05, 4.69) is 6.92 Å². The predicted molar refractivity (Wildman–Crippen MR) is 70.0 cm³/mol. The summed E-state index contributed by atoms with van der Waals surface area (Å²) in [5.74, 6) is 0.517. The Morgan fingerprint density at radius 3 is 2.63 bits per heavy atom. The van der Waals surface area contributed by atoms with E-state index in [1.165, 1.54) is 6.07 Å². The normalized spacial score (nSPS) is 24.6. The Labute approximate surface area is 111 Å². The van der Waals surface area contributed by atoms with Crippen LogP contribution in [0.2, 0.25) is 0 Å². The topological polar surface area (TPSA) is 29.3 Å². The molecule has 2 unspecified atom stereocenters. The monoisotopic (exact) mass is 272 g/mol. The van der Waals surface area contributed by atoms with E-state index in [4.69, 9.17) is 5.73 Å². The molecule has 1 aromatic carbocycles. The summed E-state index contributed by atoms with van der Waals surface area (Å²) in [4.78, 5) is 1.82. The summed E-state index contributed by atoms with van der Waals surface area (Å²) in [6.45, 7) is 3.14. The molecule has 19 heavy (non-hydrogen) atoms. The fourth-order valence-electron chi connectivity index (χ4n) is 2.76. The Balaban J connectivity index is 2.35. The lowest BCUT2D eigenvalue weighted by molar-refractivity contribution is -0.137. The van der Waals surface area contributed by atoms with Gasteiger partial charge in [-0.05, 0) is 30.9 Å². The number of para-hydroxylation sites is 1. The van der Waals surface area contributed by atoms with Gasteiger partial charge in [0.1, 0.15) is 0 Å². The Kier molecular flexibility index (Phi) is 4.04. The molecule has 1 fully saturated rings. The van der Waals surface area contributed by atoms with Gasteiger partial charge in [0.2, 0.25) is 0 Å². The molecule has 0 bridgehead atoms. The number of nitrogens with zero attached hydrogens (tertiary/aromatic N) is 1. The number of hydrogen-bond donors (Lipinski definition) is 1. The second-order valence-corrected chi connectivity index (χ2v) is 5.23. The van der Waals surface area contributed by atoms with Gasteiger partial charge in [0.05, 0.1) is 5.56 Å². The second-order valence-electron chi connectivity index (χ2n) is 5.23. The Bertz CT molecular complexity index is 431. The summed E-state index contributed by atoms with van der Waals surface area (Å²) in [5, 5.41) is 0. The Morgan fingerprint density at radius 2 is 2.00 bits per heavy atom. The van der Waals surface area contributed by atoms with Gasteiger partial charge in [-0.2, -0.15) is 13.2 Å². The quantitative estimate of drug-likeness (QED) is 0.895. The van der Waals surface area contributed by atoms with Crippen LogP contribution >= 0.6 is 0 Å². The first-order chi connectivity index (χ1) is 8.93. The van der Waals surface area contributed by atoms with Gasteiger partial charge in [-0.15, -0.1) is 0 Å². The fourth-order valence-corrected chi connectivity index (χ4v) is 2.76. The Hall–Kier alpha value is -1.23. The third-order valence-corrected chi connectivity index (χ3v) is 3.77. The molecule has 0 saturated carbocycles. The minimum atomic E-state index is -4.32. The van der Waals surface area contributed by atoms with E-state index in [-0.39, 0.29) is 11.7 Å². The van der Waals surface area contributed by atoms with Crippen molar-refractivity contribution in [2.24, 2.45) is 11.7 Å². The van der Waals surface area contributed by atoms with Crippen LogP contribution in [0.1, 0.15) is 25.3 Å². The molecule has 2 nitrogen and oxygen atoms in total. The first-order valence-electron chi connectivity index (χ1n) is 6.56. The van der Waals surface area contributed by atoms with Crippen molar-refractivity contribution >= 4 is 5.69 Å². The first kappa shape index (κ1) is 14.2. The summed E-state index contributed by atoms with van der Waals surface area (Å²) < 4.78 is 39.2. The lowest BCUT2D eigenvalue weighted by Crippen LogP contribution is -2.47. The predicted octanol–water partition coefficient (Wildman–Crippen LogP) is 3.27. The molecule has 2 rings (SSSR count). The number of alkyl halides is 3. The lowest BCUT2D eigenvalue weighted by Gasteiger charge is -2.40. The van der Waals surface area contributed by atoms with Crippen molar-refractivity contribution in [3.63, 3.8) is 0 Å². The fraction of sp³-hybridized carbons (Fsp3) is 0.571. The van der Waals surface area contributed by atoms with Crippen LogP contribution in [0.3, 0.4) is 0 Å². The van der Waals surface area contributed by atoms with E-state index in [0.717, 1.165) is 18.9 Å². The van der Waals surface area contributed by atoms with Crippen LogP contribution in [0.5, 0.6) is 0 Å². The van der Waals surface area contributed by atoms with Crippen molar-refractivity contribution in [1.82, 2.24) is 0 Å². The van der Waals surface area contributed by atoms with Crippen molar-refractivity contribution in [1.29, 1.82) is 0 Å². The molecule has 1 aliphatic heterocycles. The standard InChI is InChI=1S/C14H19F3N2/c1-10-6-7-19(11(8-10)9-18)13-5-3-2-4-12(13)14(15,16)17/h2-5,10-11H,6-9,18H2,1H3. The van der Waals surface area contributed by atoms with Gasteiger partial charge in [-0.3, -0.25) is 0 Å². The SMILES string of the molecule is CC1CCN(c2ccccc2C(F)(F)F)C(CN)C1. The largest absolute Gasteiger partial charge is 0.418 e. The van der Waals surface area contributed by atoms with Crippen LogP contribution in [-0.2, 0) is 6.18 Å². The first-order valence-corrected chi connectivity index (χ1v) is 6.56. The minimum Gasteiger partial charge on any atom is -0.367 e. The van der Waals surface area contributed by atoms with E-state index in [1.807, 2.05) is 4.90 Å². The van der Waals surface area contributed by atoms with Crippen molar-refractivity contribution in [2.45, 2.75) is 32.0 Å². The highest BCUT2D eigenvalue weighted by molar-refractivity contribution is 5.56. The summed E-state index contributed by atoms with van der Waals surface area (Å²) in [7, 11) is 0. The highest BCUT2D eigenvalue weighted by Gasteiger charge is 2.36.